The lowest BCUT2D eigenvalue weighted by Gasteiger charge is -2.40. The van der Waals surface area contributed by atoms with Crippen LogP contribution in [-0.4, -0.2) is 87.5 Å². The molecule has 0 radical (unpaired) electrons. The summed E-state index contributed by atoms with van der Waals surface area (Å²) in [5.41, 5.74) is 0. The van der Waals surface area contributed by atoms with Crippen molar-refractivity contribution in [2.75, 3.05) is 13.2 Å². The van der Waals surface area contributed by atoms with Gasteiger partial charge in [0.25, 0.3) is 0 Å². The molecule has 0 aromatic heterocycles. The van der Waals surface area contributed by atoms with E-state index in [9.17, 15) is 30.3 Å². The zero-order chi connectivity index (χ0) is 54.3. The molecule has 9 nitrogen and oxygen atoms in total. The average molecular weight is 1050 g/mol. The van der Waals surface area contributed by atoms with Gasteiger partial charge in [-0.25, -0.2) is 0 Å². The third-order valence-electron chi connectivity index (χ3n) is 14.5. The van der Waals surface area contributed by atoms with E-state index in [1.54, 1.807) is 6.08 Å². The van der Waals surface area contributed by atoms with Crippen molar-refractivity contribution in [3.8, 4) is 0 Å². The van der Waals surface area contributed by atoms with E-state index in [0.717, 1.165) is 103 Å². The van der Waals surface area contributed by atoms with E-state index in [-0.39, 0.29) is 12.5 Å². The van der Waals surface area contributed by atoms with Crippen LogP contribution in [0.5, 0.6) is 0 Å². The number of carbonyl (C=O) groups is 1. The first-order valence-corrected chi connectivity index (χ1v) is 31.3. The van der Waals surface area contributed by atoms with Gasteiger partial charge in [0.15, 0.2) is 6.29 Å². The minimum Gasteiger partial charge on any atom is -0.394 e. The monoisotopic (exact) mass is 1050 g/mol. The van der Waals surface area contributed by atoms with Gasteiger partial charge in [-0.05, 0) is 70.6 Å². The Morgan fingerprint density at radius 2 is 0.827 bits per heavy atom. The van der Waals surface area contributed by atoms with E-state index < -0.39 is 49.5 Å². The molecule has 0 aliphatic carbocycles. The maximum Gasteiger partial charge on any atom is 0.220 e. The number of rotatable bonds is 53. The predicted octanol–water partition coefficient (Wildman–Crippen LogP) is 16.2. The van der Waals surface area contributed by atoms with Crippen molar-refractivity contribution in [2.45, 2.75) is 314 Å². The number of hydrogen-bond donors (Lipinski definition) is 6. The van der Waals surface area contributed by atoms with Gasteiger partial charge >= 0.3 is 0 Å². The van der Waals surface area contributed by atoms with Crippen LogP contribution in [0, 0.1) is 0 Å². The molecule has 1 aliphatic rings. The summed E-state index contributed by atoms with van der Waals surface area (Å²) in [5.74, 6) is -0.192. The SMILES string of the molecule is CC/C=C\C/C=C\C/C=C\C/C=C\C/C=C\C/C=C\CCCCCCCCC(=O)NC(COC1OC(CO)C(O)C(O)C1O)C(O)/C=C/CCCCCCCCCCCCCCCCCCCCCCCCCCC. The van der Waals surface area contributed by atoms with Crippen molar-refractivity contribution in [1.82, 2.24) is 5.32 Å². The molecule has 0 spiro atoms. The first kappa shape index (κ1) is 70.4. The molecule has 7 atom stereocenters. The molecule has 1 amide bonds. The number of carbonyl (C=O) groups excluding carboxylic acids is 1. The lowest BCUT2D eigenvalue weighted by molar-refractivity contribution is -0.302. The molecular formula is C66H117NO8. The zero-order valence-corrected chi connectivity index (χ0v) is 48.3. The summed E-state index contributed by atoms with van der Waals surface area (Å²) in [5, 5.41) is 54.6. The van der Waals surface area contributed by atoms with Crippen molar-refractivity contribution < 1.29 is 39.8 Å². The third kappa shape index (κ3) is 44.0. The van der Waals surface area contributed by atoms with Crippen molar-refractivity contribution in [3.05, 3.63) is 85.1 Å². The molecule has 6 N–H and O–H groups in total. The van der Waals surface area contributed by atoms with Gasteiger partial charge in [-0.3, -0.25) is 4.79 Å². The molecule has 1 aliphatic heterocycles. The normalized spacial score (nSPS) is 19.5. The number of unbranched alkanes of at least 4 members (excludes halogenated alkanes) is 31. The zero-order valence-electron chi connectivity index (χ0n) is 48.3. The van der Waals surface area contributed by atoms with E-state index in [0.29, 0.717) is 6.42 Å². The van der Waals surface area contributed by atoms with Crippen molar-refractivity contribution in [1.29, 1.82) is 0 Å². The highest BCUT2D eigenvalue weighted by Gasteiger charge is 2.44. The van der Waals surface area contributed by atoms with E-state index in [1.807, 2.05) is 6.08 Å². The summed E-state index contributed by atoms with van der Waals surface area (Å²) in [6.07, 6.45) is 70.8. The highest BCUT2D eigenvalue weighted by Crippen LogP contribution is 2.23. The Kier molecular flexibility index (Phi) is 51.3. The smallest absolute Gasteiger partial charge is 0.220 e. The van der Waals surface area contributed by atoms with Crippen molar-refractivity contribution >= 4 is 5.91 Å². The van der Waals surface area contributed by atoms with Gasteiger partial charge in [0.2, 0.25) is 5.91 Å². The van der Waals surface area contributed by atoms with E-state index >= 15 is 0 Å². The van der Waals surface area contributed by atoms with Crippen LogP contribution in [0.4, 0.5) is 0 Å². The standard InChI is InChI=1S/C66H117NO8/c1-3-5-7-9-11-13-15-17-19-21-23-25-27-29-30-32-33-35-37-39-41-43-45-47-49-51-53-55-60(69)59(58-74-66-65(73)64(72)63(71)61(57-68)75-66)67-62(70)56-54-52-50-48-46-44-42-40-38-36-34-31-28-26-24-22-20-18-16-14-12-10-8-6-4-2/h6,8,12,14,18,20,24,26,31,34,38,40,53,55,59-61,63-66,68-69,71-73H,3-5,7,9-11,13,15-17,19,21-23,25,27-30,32-33,35-37,39,41-52,54,56-58H2,1-2H3,(H,67,70)/b8-6-,14-12-,20-18-,26-24-,34-31-,40-38-,55-53+. The van der Waals surface area contributed by atoms with Crippen LogP contribution in [0.25, 0.3) is 0 Å². The van der Waals surface area contributed by atoms with Crippen molar-refractivity contribution in [2.24, 2.45) is 0 Å². The van der Waals surface area contributed by atoms with Gasteiger partial charge in [0, 0.05) is 6.42 Å². The molecule has 1 saturated heterocycles. The summed E-state index contributed by atoms with van der Waals surface area (Å²) in [7, 11) is 0. The van der Waals surface area contributed by atoms with Crippen LogP contribution < -0.4 is 5.32 Å². The average Bonchev–Trinajstić information content (AvgIpc) is 3.41. The second-order valence-corrected chi connectivity index (χ2v) is 21.5. The minimum atomic E-state index is -1.58. The number of ether oxygens (including phenoxy) is 2. The molecule has 0 saturated carbocycles. The molecule has 0 bridgehead atoms. The molecule has 7 unspecified atom stereocenters. The summed E-state index contributed by atoms with van der Waals surface area (Å²) < 4.78 is 11.3. The van der Waals surface area contributed by atoms with Gasteiger partial charge in [-0.15, -0.1) is 0 Å². The Hall–Kier alpha value is -2.63. The fraction of sp³-hybridized carbons (Fsp3) is 0.773. The maximum atomic E-state index is 13.1. The summed E-state index contributed by atoms with van der Waals surface area (Å²) >= 11 is 0. The topological polar surface area (TPSA) is 149 Å². The summed E-state index contributed by atoms with van der Waals surface area (Å²) in [4.78, 5) is 13.1. The van der Waals surface area contributed by atoms with Crippen LogP contribution in [0.2, 0.25) is 0 Å². The van der Waals surface area contributed by atoms with Crippen LogP contribution in [0.15, 0.2) is 85.1 Å². The van der Waals surface area contributed by atoms with E-state index in [2.05, 4.69) is 92.1 Å². The first-order valence-electron chi connectivity index (χ1n) is 31.3. The van der Waals surface area contributed by atoms with Gasteiger partial charge in [0.05, 0.1) is 25.4 Å². The van der Waals surface area contributed by atoms with Crippen LogP contribution >= 0.6 is 0 Å². The predicted molar refractivity (Wildman–Crippen MR) is 318 cm³/mol. The van der Waals surface area contributed by atoms with E-state index in [4.69, 9.17) is 9.47 Å². The number of allylic oxidation sites excluding steroid dienone is 13. The van der Waals surface area contributed by atoms with Gasteiger partial charge in [-0.1, -0.05) is 279 Å². The number of aliphatic hydroxyl groups excluding tert-OH is 5. The molecule has 0 aromatic carbocycles. The number of nitrogens with one attached hydrogen (secondary N) is 1. The molecular weight excluding hydrogens is 935 g/mol. The van der Waals surface area contributed by atoms with Gasteiger partial charge in [-0.2, -0.15) is 0 Å². The second-order valence-electron chi connectivity index (χ2n) is 21.5. The quantitative estimate of drug-likeness (QED) is 0.0261. The summed E-state index contributed by atoms with van der Waals surface area (Å²) in [6, 6.07) is -0.820. The Balaban J connectivity index is 2.22. The summed E-state index contributed by atoms with van der Waals surface area (Å²) in [6.45, 7) is 3.68. The number of amides is 1. The molecule has 0 aromatic rings. The largest absolute Gasteiger partial charge is 0.394 e. The molecule has 1 rings (SSSR count). The lowest BCUT2D eigenvalue weighted by Crippen LogP contribution is -2.60. The third-order valence-corrected chi connectivity index (χ3v) is 14.5. The van der Waals surface area contributed by atoms with Crippen LogP contribution in [0.3, 0.4) is 0 Å². The lowest BCUT2D eigenvalue weighted by atomic mass is 9.99. The highest BCUT2D eigenvalue weighted by atomic mass is 16.7. The fourth-order valence-electron chi connectivity index (χ4n) is 9.57. The van der Waals surface area contributed by atoms with Crippen LogP contribution in [-0.2, 0) is 14.3 Å². The Morgan fingerprint density at radius 1 is 0.467 bits per heavy atom. The Bertz CT molecular complexity index is 1450. The number of aliphatic hydroxyl groups is 5. The minimum absolute atomic E-state index is 0.192. The number of hydrogen-bond acceptors (Lipinski definition) is 8. The Labute approximate surface area is 461 Å². The van der Waals surface area contributed by atoms with Gasteiger partial charge in [0.1, 0.15) is 24.4 Å². The van der Waals surface area contributed by atoms with Crippen molar-refractivity contribution in [3.63, 3.8) is 0 Å². The van der Waals surface area contributed by atoms with Crippen LogP contribution in [0.1, 0.15) is 271 Å². The molecule has 1 heterocycles. The Morgan fingerprint density at radius 3 is 1.23 bits per heavy atom. The maximum absolute atomic E-state index is 13.1. The molecule has 434 valence electrons. The molecule has 75 heavy (non-hydrogen) atoms. The fourth-order valence-corrected chi connectivity index (χ4v) is 9.57. The highest BCUT2D eigenvalue weighted by molar-refractivity contribution is 5.76. The van der Waals surface area contributed by atoms with E-state index in [1.165, 1.54) is 148 Å². The first-order chi connectivity index (χ1) is 36.8. The molecule has 1 fully saturated rings. The van der Waals surface area contributed by atoms with Gasteiger partial charge < -0.3 is 40.3 Å². The second kappa shape index (κ2) is 54.7. The molecule has 9 heteroatoms.